The zero-order chi connectivity index (χ0) is 18.3. The SMILES string of the molecule is CCS(=O)(=O)CCC(NC(=O)c1cc(=O)[nH]c(CSC)n1)C(=O)O. The smallest absolute Gasteiger partial charge is 0.326 e. The van der Waals surface area contributed by atoms with Crippen LogP contribution in [0.3, 0.4) is 0 Å². The van der Waals surface area contributed by atoms with Gasteiger partial charge in [-0.3, -0.25) is 9.59 Å². The van der Waals surface area contributed by atoms with E-state index in [2.05, 4.69) is 15.3 Å². The summed E-state index contributed by atoms with van der Waals surface area (Å²) in [6.45, 7) is 1.46. The molecule has 0 spiro atoms. The van der Waals surface area contributed by atoms with Gasteiger partial charge in [-0.2, -0.15) is 11.8 Å². The number of hydrogen-bond donors (Lipinski definition) is 3. The zero-order valence-corrected chi connectivity index (χ0v) is 14.9. The molecule has 1 atom stereocenters. The molecular formula is C13H19N3O6S2. The Bertz CT molecular complexity index is 759. The second-order valence-corrected chi connectivity index (χ2v) is 8.24. The maximum atomic E-state index is 12.1. The van der Waals surface area contributed by atoms with Crippen LogP contribution in [-0.2, 0) is 20.4 Å². The van der Waals surface area contributed by atoms with Crippen molar-refractivity contribution in [1.82, 2.24) is 15.3 Å². The quantitative estimate of drug-likeness (QED) is 0.529. The Hall–Kier alpha value is -1.88. The van der Waals surface area contributed by atoms with Crippen molar-refractivity contribution in [2.75, 3.05) is 17.8 Å². The average molecular weight is 377 g/mol. The van der Waals surface area contributed by atoms with Crippen molar-refractivity contribution < 1.29 is 23.1 Å². The molecule has 0 aromatic carbocycles. The summed E-state index contributed by atoms with van der Waals surface area (Å²) in [4.78, 5) is 41.3. The molecule has 24 heavy (non-hydrogen) atoms. The summed E-state index contributed by atoms with van der Waals surface area (Å²) >= 11 is 1.39. The van der Waals surface area contributed by atoms with Crippen molar-refractivity contribution in [3.8, 4) is 0 Å². The molecule has 0 aliphatic rings. The first-order chi connectivity index (χ1) is 11.2. The van der Waals surface area contributed by atoms with E-state index >= 15 is 0 Å². The van der Waals surface area contributed by atoms with Gasteiger partial charge in [0.25, 0.3) is 11.5 Å². The molecule has 134 valence electrons. The number of hydrogen-bond acceptors (Lipinski definition) is 7. The third kappa shape index (κ3) is 6.32. The molecule has 0 aliphatic heterocycles. The number of amides is 1. The van der Waals surface area contributed by atoms with Crippen LogP contribution in [0.1, 0.15) is 29.7 Å². The number of nitrogens with zero attached hydrogens (tertiary/aromatic N) is 1. The fourth-order valence-corrected chi connectivity index (χ4v) is 3.05. The first kappa shape index (κ1) is 20.2. The highest BCUT2D eigenvalue weighted by atomic mass is 32.2. The summed E-state index contributed by atoms with van der Waals surface area (Å²) in [6, 6.07) is -0.426. The fraction of sp³-hybridized carbons (Fsp3) is 0.538. The largest absolute Gasteiger partial charge is 0.480 e. The van der Waals surface area contributed by atoms with Crippen molar-refractivity contribution in [3.05, 3.63) is 27.9 Å². The van der Waals surface area contributed by atoms with Crippen molar-refractivity contribution in [2.45, 2.75) is 25.1 Å². The number of aromatic nitrogens is 2. The van der Waals surface area contributed by atoms with E-state index in [0.29, 0.717) is 11.6 Å². The van der Waals surface area contributed by atoms with Gasteiger partial charge in [-0.15, -0.1) is 0 Å². The van der Waals surface area contributed by atoms with E-state index < -0.39 is 33.3 Å². The standard InChI is InChI=1S/C13H19N3O6S2/c1-3-24(21,22)5-4-8(13(19)20)15-12(18)9-6-11(17)16-10(14-9)7-23-2/h6,8H,3-5,7H2,1-2H3,(H,15,18)(H,19,20)(H,14,16,17). The molecule has 1 amide bonds. The van der Waals surface area contributed by atoms with Crippen LogP contribution in [0.5, 0.6) is 0 Å². The van der Waals surface area contributed by atoms with Crippen LogP contribution in [0.4, 0.5) is 0 Å². The summed E-state index contributed by atoms with van der Waals surface area (Å²) in [5.41, 5.74) is -0.743. The molecule has 1 aromatic heterocycles. The van der Waals surface area contributed by atoms with Gasteiger partial charge in [0.05, 0.1) is 11.5 Å². The molecule has 0 saturated carbocycles. The van der Waals surface area contributed by atoms with E-state index in [9.17, 15) is 22.8 Å². The topological polar surface area (TPSA) is 146 Å². The van der Waals surface area contributed by atoms with Gasteiger partial charge in [-0.05, 0) is 12.7 Å². The van der Waals surface area contributed by atoms with Crippen molar-refractivity contribution >= 4 is 33.5 Å². The number of sulfone groups is 1. The van der Waals surface area contributed by atoms with Crippen LogP contribution in [0.2, 0.25) is 0 Å². The van der Waals surface area contributed by atoms with Gasteiger partial charge in [-0.1, -0.05) is 6.92 Å². The van der Waals surface area contributed by atoms with Gasteiger partial charge in [-0.25, -0.2) is 18.2 Å². The summed E-state index contributed by atoms with van der Waals surface area (Å²) in [5, 5.41) is 11.3. The van der Waals surface area contributed by atoms with E-state index in [0.717, 1.165) is 6.07 Å². The van der Waals surface area contributed by atoms with Gasteiger partial charge in [0.1, 0.15) is 27.4 Å². The Labute approximate surface area is 143 Å². The first-order valence-corrected chi connectivity index (χ1v) is 10.2. The molecule has 1 unspecified atom stereocenters. The van der Waals surface area contributed by atoms with E-state index in [1.54, 1.807) is 6.26 Å². The molecule has 1 aromatic rings. The number of carbonyl (C=O) groups is 2. The number of carbonyl (C=O) groups excluding carboxylic acids is 1. The van der Waals surface area contributed by atoms with Crippen LogP contribution in [0.25, 0.3) is 0 Å². The lowest BCUT2D eigenvalue weighted by atomic mass is 10.2. The molecule has 3 N–H and O–H groups in total. The lowest BCUT2D eigenvalue weighted by Gasteiger charge is -2.14. The normalized spacial score (nSPS) is 12.6. The molecule has 0 fully saturated rings. The monoisotopic (exact) mass is 377 g/mol. The lowest BCUT2D eigenvalue weighted by molar-refractivity contribution is -0.139. The number of carboxylic acids is 1. The van der Waals surface area contributed by atoms with Crippen molar-refractivity contribution in [3.63, 3.8) is 0 Å². The van der Waals surface area contributed by atoms with Crippen LogP contribution < -0.4 is 10.9 Å². The predicted octanol–water partition coefficient (Wildman–Crippen LogP) is -0.359. The zero-order valence-electron chi connectivity index (χ0n) is 13.2. The van der Waals surface area contributed by atoms with Gasteiger partial charge in [0.2, 0.25) is 0 Å². The minimum absolute atomic E-state index is 0.110. The maximum Gasteiger partial charge on any atom is 0.326 e. The van der Waals surface area contributed by atoms with Gasteiger partial charge in [0, 0.05) is 11.8 Å². The molecule has 0 radical (unpaired) electrons. The Kier molecular flexibility index (Phi) is 7.42. The first-order valence-electron chi connectivity index (χ1n) is 7.01. The Morgan fingerprint density at radius 2 is 2.12 bits per heavy atom. The van der Waals surface area contributed by atoms with Crippen LogP contribution in [-0.4, -0.2) is 59.2 Å². The molecule has 1 rings (SSSR count). The maximum absolute atomic E-state index is 12.1. The lowest BCUT2D eigenvalue weighted by Crippen LogP contribution is -2.42. The molecule has 0 bridgehead atoms. The molecule has 0 saturated heterocycles. The Morgan fingerprint density at radius 1 is 1.46 bits per heavy atom. The van der Waals surface area contributed by atoms with Crippen LogP contribution in [0, 0.1) is 0 Å². The summed E-state index contributed by atoms with van der Waals surface area (Å²) < 4.78 is 23.0. The third-order valence-electron chi connectivity index (χ3n) is 3.07. The number of H-pyrrole nitrogens is 1. The molecule has 11 heteroatoms. The predicted molar refractivity (Wildman–Crippen MR) is 89.9 cm³/mol. The highest BCUT2D eigenvalue weighted by Crippen LogP contribution is 2.04. The van der Waals surface area contributed by atoms with Crippen LogP contribution >= 0.6 is 11.8 Å². The number of carboxylic acid groups (broad SMARTS) is 1. The Balaban J connectivity index is 2.89. The van der Waals surface area contributed by atoms with E-state index in [-0.39, 0.29) is 23.6 Å². The van der Waals surface area contributed by atoms with Crippen molar-refractivity contribution in [1.29, 1.82) is 0 Å². The van der Waals surface area contributed by atoms with Gasteiger partial charge in [0.15, 0.2) is 0 Å². The average Bonchev–Trinajstić information content (AvgIpc) is 2.50. The number of thioether (sulfide) groups is 1. The molecule has 0 aliphatic carbocycles. The summed E-state index contributed by atoms with van der Waals surface area (Å²) in [7, 11) is -3.36. The highest BCUT2D eigenvalue weighted by Gasteiger charge is 2.24. The van der Waals surface area contributed by atoms with Crippen molar-refractivity contribution in [2.24, 2.45) is 0 Å². The van der Waals surface area contributed by atoms with Gasteiger partial charge >= 0.3 is 5.97 Å². The van der Waals surface area contributed by atoms with Gasteiger partial charge < -0.3 is 15.4 Å². The van der Waals surface area contributed by atoms with E-state index in [1.807, 2.05) is 0 Å². The minimum atomic E-state index is -3.36. The molecular weight excluding hydrogens is 358 g/mol. The summed E-state index contributed by atoms with van der Waals surface area (Å²) in [5.74, 6) is -2.00. The fourth-order valence-electron chi connectivity index (χ4n) is 1.76. The number of rotatable bonds is 9. The second-order valence-electron chi connectivity index (χ2n) is 4.90. The number of nitrogens with one attached hydrogen (secondary N) is 2. The van der Waals surface area contributed by atoms with Crippen LogP contribution in [0.15, 0.2) is 10.9 Å². The van der Waals surface area contributed by atoms with E-state index in [1.165, 1.54) is 18.7 Å². The van der Waals surface area contributed by atoms with E-state index in [4.69, 9.17) is 5.11 Å². The third-order valence-corrected chi connectivity index (χ3v) is 5.36. The molecule has 9 nitrogen and oxygen atoms in total. The summed E-state index contributed by atoms with van der Waals surface area (Å²) in [6.07, 6.45) is 1.53. The minimum Gasteiger partial charge on any atom is -0.480 e. The highest BCUT2D eigenvalue weighted by molar-refractivity contribution is 7.97. The Morgan fingerprint density at radius 3 is 2.67 bits per heavy atom. The number of aromatic amines is 1. The second kappa shape index (κ2) is 8.83. The molecule has 1 heterocycles. The number of aliphatic carboxylic acids is 1.